The van der Waals surface area contributed by atoms with Crippen molar-refractivity contribution in [1.82, 2.24) is 5.32 Å². The molecule has 0 saturated heterocycles. The topological polar surface area (TPSA) is 124 Å². The number of rotatable bonds is 28. The van der Waals surface area contributed by atoms with E-state index < -0.39 is 40.0 Å². The van der Waals surface area contributed by atoms with Crippen LogP contribution < -0.4 is 5.32 Å². The van der Waals surface area contributed by atoms with Crippen LogP contribution in [0.2, 0.25) is 0 Å². The average molecular weight is 564 g/mol. The van der Waals surface area contributed by atoms with Crippen LogP contribution in [0.25, 0.3) is 0 Å². The molecule has 3 unspecified atom stereocenters. The maximum Gasteiger partial charge on any atom is 0.266 e. The second-order valence-corrected chi connectivity index (χ2v) is 12.7. The zero-order chi connectivity index (χ0) is 28.5. The Morgan fingerprint density at radius 3 is 1.32 bits per heavy atom. The second kappa shape index (κ2) is 25.3. The Labute approximate surface area is 234 Å². The molecular formula is C30H61NO6S. The van der Waals surface area contributed by atoms with Crippen molar-refractivity contribution in [2.45, 2.75) is 180 Å². The first-order valence-corrected chi connectivity index (χ1v) is 17.4. The zero-order valence-electron chi connectivity index (χ0n) is 24.7. The second-order valence-electron chi connectivity index (χ2n) is 11.2. The van der Waals surface area contributed by atoms with E-state index in [4.69, 9.17) is 0 Å². The van der Waals surface area contributed by atoms with E-state index in [-0.39, 0.29) is 0 Å². The normalized spacial score (nSPS) is 14.3. The smallest absolute Gasteiger partial charge is 0.266 e. The molecule has 0 aliphatic heterocycles. The van der Waals surface area contributed by atoms with E-state index >= 15 is 0 Å². The molecule has 1 amide bonds. The number of nitrogens with one attached hydrogen (secondary N) is 1. The highest BCUT2D eigenvalue weighted by Gasteiger charge is 2.28. The van der Waals surface area contributed by atoms with Gasteiger partial charge in [0.1, 0.15) is 6.10 Å². The summed E-state index contributed by atoms with van der Waals surface area (Å²) in [5.41, 5.74) is 0. The molecule has 4 N–H and O–H groups in total. The summed E-state index contributed by atoms with van der Waals surface area (Å²) < 4.78 is 32.2. The first-order valence-electron chi connectivity index (χ1n) is 15.8. The molecule has 0 bridgehead atoms. The SMILES string of the molecule is CCCCCCCCCCCCCCC(O)C(CS(=O)(=O)O)NC(=O)C(O)CCCCCCCCCCC. The first kappa shape index (κ1) is 37.3. The number of hydrogen-bond acceptors (Lipinski definition) is 5. The lowest BCUT2D eigenvalue weighted by Gasteiger charge is -2.24. The molecule has 3 atom stereocenters. The monoisotopic (exact) mass is 563 g/mol. The molecule has 228 valence electrons. The fourth-order valence-electron chi connectivity index (χ4n) is 4.93. The van der Waals surface area contributed by atoms with Crippen LogP contribution in [0.5, 0.6) is 0 Å². The summed E-state index contributed by atoms with van der Waals surface area (Å²) in [7, 11) is -4.39. The number of aliphatic hydroxyl groups excluding tert-OH is 2. The number of amides is 1. The van der Waals surface area contributed by atoms with Crippen molar-refractivity contribution in [3.8, 4) is 0 Å². The molecule has 0 rings (SSSR count). The first-order chi connectivity index (χ1) is 18.2. The van der Waals surface area contributed by atoms with Crippen LogP contribution in [-0.2, 0) is 14.9 Å². The summed E-state index contributed by atoms with van der Waals surface area (Å²) in [6, 6.07) is -1.14. The fraction of sp³-hybridized carbons (Fsp3) is 0.967. The van der Waals surface area contributed by atoms with Crippen LogP contribution in [0, 0.1) is 0 Å². The molecule has 0 aromatic rings. The highest BCUT2D eigenvalue weighted by Crippen LogP contribution is 2.15. The number of aliphatic hydroxyl groups is 2. The van der Waals surface area contributed by atoms with Gasteiger partial charge in [0.2, 0.25) is 5.91 Å². The predicted molar refractivity (Wildman–Crippen MR) is 158 cm³/mol. The lowest BCUT2D eigenvalue weighted by molar-refractivity contribution is -0.131. The van der Waals surface area contributed by atoms with Gasteiger partial charge in [0.05, 0.1) is 17.9 Å². The standard InChI is InChI=1S/C30H61NO6S/c1-3-5-7-9-11-13-14-15-17-18-20-22-24-28(32)27(26-38(35,36)37)31-30(34)29(33)25-23-21-19-16-12-10-8-6-4-2/h27-29,32-33H,3-26H2,1-2H3,(H,31,34)(H,35,36,37). The molecular weight excluding hydrogens is 502 g/mol. The van der Waals surface area contributed by atoms with Crippen molar-refractivity contribution in [2.24, 2.45) is 0 Å². The molecule has 0 aliphatic rings. The lowest BCUT2D eigenvalue weighted by Crippen LogP contribution is -2.50. The molecule has 0 spiro atoms. The predicted octanol–water partition coefficient (Wildman–Crippen LogP) is 7.09. The minimum absolute atomic E-state index is 0.301. The van der Waals surface area contributed by atoms with E-state index in [2.05, 4.69) is 19.2 Å². The third-order valence-electron chi connectivity index (χ3n) is 7.42. The van der Waals surface area contributed by atoms with Gasteiger partial charge in [-0.3, -0.25) is 9.35 Å². The maximum absolute atomic E-state index is 12.4. The third kappa shape index (κ3) is 24.3. The molecule has 0 aliphatic carbocycles. The van der Waals surface area contributed by atoms with Gasteiger partial charge in [-0.15, -0.1) is 0 Å². The van der Waals surface area contributed by atoms with Gasteiger partial charge >= 0.3 is 0 Å². The van der Waals surface area contributed by atoms with Gasteiger partial charge in [-0.2, -0.15) is 8.42 Å². The number of carbonyl (C=O) groups excluding carboxylic acids is 1. The Hall–Kier alpha value is -0.700. The van der Waals surface area contributed by atoms with Crippen molar-refractivity contribution in [3.63, 3.8) is 0 Å². The highest BCUT2D eigenvalue weighted by molar-refractivity contribution is 7.85. The number of hydrogen-bond donors (Lipinski definition) is 4. The van der Waals surface area contributed by atoms with Crippen molar-refractivity contribution in [2.75, 3.05) is 5.75 Å². The summed E-state index contributed by atoms with van der Waals surface area (Å²) in [4.78, 5) is 12.4. The van der Waals surface area contributed by atoms with E-state index in [9.17, 15) is 28.0 Å². The third-order valence-corrected chi connectivity index (χ3v) is 8.20. The Balaban J connectivity index is 4.15. The molecule has 0 fully saturated rings. The van der Waals surface area contributed by atoms with Crippen LogP contribution in [-0.4, -0.2) is 53.1 Å². The van der Waals surface area contributed by atoms with Gasteiger partial charge in [-0.25, -0.2) is 0 Å². The van der Waals surface area contributed by atoms with Crippen molar-refractivity contribution < 1.29 is 28.0 Å². The average Bonchev–Trinajstić information content (AvgIpc) is 2.86. The summed E-state index contributed by atoms with van der Waals surface area (Å²) in [6.45, 7) is 4.43. The molecule has 38 heavy (non-hydrogen) atoms. The summed E-state index contributed by atoms with van der Waals surface area (Å²) in [6.07, 6.45) is 22.7. The fourth-order valence-corrected chi connectivity index (χ4v) is 5.69. The van der Waals surface area contributed by atoms with Gasteiger partial charge in [-0.05, 0) is 12.8 Å². The summed E-state index contributed by atoms with van der Waals surface area (Å²) in [5, 5.41) is 23.2. The number of unbranched alkanes of at least 4 members (excludes halogenated alkanes) is 19. The molecule has 0 heterocycles. The Kier molecular flexibility index (Phi) is 24.8. The lowest BCUT2D eigenvalue weighted by atomic mass is 10.0. The van der Waals surface area contributed by atoms with Crippen molar-refractivity contribution in [1.29, 1.82) is 0 Å². The summed E-state index contributed by atoms with van der Waals surface area (Å²) >= 11 is 0. The number of carbonyl (C=O) groups is 1. The molecule has 8 heteroatoms. The van der Waals surface area contributed by atoms with Gasteiger partial charge in [0, 0.05) is 0 Å². The Morgan fingerprint density at radius 1 is 0.605 bits per heavy atom. The molecule has 0 aromatic carbocycles. The molecule has 7 nitrogen and oxygen atoms in total. The van der Waals surface area contributed by atoms with Gasteiger partial charge in [0.25, 0.3) is 10.1 Å². The highest BCUT2D eigenvalue weighted by atomic mass is 32.2. The Bertz CT molecular complexity index is 643. The van der Waals surface area contributed by atoms with Crippen LogP contribution in [0.15, 0.2) is 0 Å². The van der Waals surface area contributed by atoms with Crippen molar-refractivity contribution >= 4 is 16.0 Å². The van der Waals surface area contributed by atoms with Gasteiger partial charge < -0.3 is 15.5 Å². The summed E-state index contributed by atoms with van der Waals surface area (Å²) in [5.74, 6) is -1.45. The van der Waals surface area contributed by atoms with E-state index in [0.717, 1.165) is 44.9 Å². The Morgan fingerprint density at radius 2 is 0.947 bits per heavy atom. The molecule has 0 aromatic heterocycles. The van der Waals surface area contributed by atoms with E-state index in [0.29, 0.717) is 19.3 Å². The van der Waals surface area contributed by atoms with E-state index in [1.165, 1.54) is 83.5 Å². The minimum Gasteiger partial charge on any atom is -0.391 e. The largest absolute Gasteiger partial charge is 0.391 e. The van der Waals surface area contributed by atoms with Crippen LogP contribution in [0.4, 0.5) is 0 Å². The van der Waals surface area contributed by atoms with E-state index in [1.54, 1.807) is 0 Å². The van der Waals surface area contributed by atoms with Gasteiger partial charge in [0.15, 0.2) is 0 Å². The maximum atomic E-state index is 12.4. The van der Waals surface area contributed by atoms with Gasteiger partial charge in [-0.1, -0.05) is 149 Å². The van der Waals surface area contributed by atoms with Crippen LogP contribution >= 0.6 is 0 Å². The zero-order valence-corrected chi connectivity index (χ0v) is 25.5. The minimum atomic E-state index is -4.39. The van der Waals surface area contributed by atoms with E-state index in [1.807, 2.05) is 0 Å². The molecule has 0 saturated carbocycles. The van der Waals surface area contributed by atoms with Crippen molar-refractivity contribution in [3.05, 3.63) is 0 Å². The van der Waals surface area contributed by atoms with Crippen LogP contribution in [0.3, 0.4) is 0 Å². The van der Waals surface area contributed by atoms with Crippen LogP contribution in [0.1, 0.15) is 162 Å². The molecule has 0 radical (unpaired) electrons. The quantitative estimate of drug-likeness (QED) is 0.0595.